The van der Waals surface area contributed by atoms with Crippen molar-refractivity contribution in [2.45, 2.75) is 36.3 Å². The van der Waals surface area contributed by atoms with Crippen LogP contribution >= 0.6 is 0 Å². The number of carboxylic acid groups (broad SMARTS) is 1. The van der Waals surface area contributed by atoms with Gasteiger partial charge in [-0.2, -0.15) is 0 Å². The van der Waals surface area contributed by atoms with Gasteiger partial charge in [0.1, 0.15) is 16.5 Å². The quantitative estimate of drug-likeness (QED) is 0.866. The fraction of sp³-hybridized carbons (Fsp3) is 0.500. The van der Waals surface area contributed by atoms with Crippen LogP contribution in [0.5, 0.6) is 0 Å². The molecule has 1 N–H and O–H groups in total. The minimum absolute atomic E-state index is 0.0422. The minimum atomic E-state index is -4.42. The van der Waals surface area contributed by atoms with Crippen molar-refractivity contribution in [3.63, 3.8) is 0 Å². The van der Waals surface area contributed by atoms with E-state index in [1.807, 2.05) is 13.8 Å². The van der Waals surface area contributed by atoms with Crippen molar-refractivity contribution in [1.29, 1.82) is 0 Å². The highest BCUT2D eigenvalue weighted by Gasteiger charge is 2.61. The lowest BCUT2D eigenvalue weighted by molar-refractivity contribution is -0.144. The molecule has 4 nitrogen and oxygen atoms in total. The Bertz CT molecular complexity index is 676. The topological polar surface area (TPSA) is 71.4 Å². The van der Waals surface area contributed by atoms with Crippen LogP contribution in [0.3, 0.4) is 0 Å². The first-order valence-electron chi connectivity index (χ1n) is 6.55. The summed E-state index contributed by atoms with van der Waals surface area (Å²) in [4.78, 5) is 10.7. The maximum absolute atomic E-state index is 13.7. The molecule has 0 aromatic heterocycles. The predicted molar refractivity (Wildman–Crippen MR) is 71.5 cm³/mol. The van der Waals surface area contributed by atoms with Crippen molar-refractivity contribution in [3.05, 3.63) is 29.8 Å². The molecule has 1 aliphatic rings. The zero-order valence-corrected chi connectivity index (χ0v) is 12.5. The van der Waals surface area contributed by atoms with E-state index in [2.05, 4.69) is 0 Å². The molecule has 1 aromatic rings. The molecule has 0 bridgehead atoms. The van der Waals surface area contributed by atoms with E-state index in [4.69, 9.17) is 0 Å². The molecule has 0 atom stereocenters. The van der Waals surface area contributed by atoms with Crippen LogP contribution < -0.4 is 0 Å². The van der Waals surface area contributed by atoms with Crippen molar-refractivity contribution >= 4 is 15.8 Å². The van der Waals surface area contributed by atoms with Gasteiger partial charge in [0, 0.05) is 6.07 Å². The first-order chi connectivity index (χ1) is 9.61. The Morgan fingerprint density at radius 2 is 1.90 bits per heavy atom. The summed E-state index contributed by atoms with van der Waals surface area (Å²) in [6.45, 7) is 3.75. The minimum Gasteiger partial charge on any atom is -0.480 e. The van der Waals surface area contributed by atoms with Crippen LogP contribution in [0.25, 0.3) is 0 Å². The van der Waals surface area contributed by atoms with Crippen LogP contribution in [0.15, 0.2) is 23.1 Å². The summed E-state index contributed by atoms with van der Waals surface area (Å²) in [7, 11) is -4.42. The summed E-state index contributed by atoms with van der Waals surface area (Å²) < 4.78 is 49.7. The van der Waals surface area contributed by atoms with Gasteiger partial charge in [-0.1, -0.05) is 13.8 Å². The molecule has 7 heteroatoms. The maximum Gasteiger partial charge on any atom is 0.325 e. The van der Waals surface area contributed by atoms with E-state index in [-0.39, 0.29) is 24.7 Å². The predicted octanol–water partition coefficient (Wildman–Crippen LogP) is 2.63. The normalized spacial score (nSPS) is 25.7. The standard InChI is InChI=1S/C14H16F2O4S/c1-8(2)9-6-14(7-9,13(17)18)21(19,20)12-4-3-10(15)5-11(12)16/h3-5,8-9H,6-7H2,1-2H3,(H,17,18). The average molecular weight is 318 g/mol. The fourth-order valence-electron chi connectivity index (χ4n) is 2.67. The molecule has 1 saturated carbocycles. The molecule has 0 heterocycles. The number of aliphatic carboxylic acids is 1. The maximum atomic E-state index is 13.7. The number of hydrogen-bond acceptors (Lipinski definition) is 3. The number of carboxylic acids is 1. The number of carbonyl (C=O) groups is 1. The van der Waals surface area contributed by atoms with Crippen LogP contribution in [0.1, 0.15) is 26.7 Å². The van der Waals surface area contributed by atoms with Gasteiger partial charge in [-0.15, -0.1) is 0 Å². The van der Waals surface area contributed by atoms with Crippen molar-refractivity contribution in [1.82, 2.24) is 0 Å². The number of halogens is 2. The third kappa shape index (κ3) is 2.33. The second-order valence-corrected chi connectivity index (χ2v) is 8.02. The molecule has 0 spiro atoms. The molecule has 1 fully saturated rings. The monoisotopic (exact) mass is 318 g/mol. The largest absolute Gasteiger partial charge is 0.480 e. The number of sulfone groups is 1. The van der Waals surface area contributed by atoms with E-state index in [1.165, 1.54) is 0 Å². The zero-order valence-electron chi connectivity index (χ0n) is 11.6. The molecular formula is C14H16F2O4S. The molecule has 2 rings (SSSR count). The second-order valence-electron chi connectivity index (χ2n) is 5.79. The summed E-state index contributed by atoms with van der Waals surface area (Å²) in [6.07, 6.45) is -0.113. The average Bonchev–Trinajstić information content (AvgIpc) is 2.24. The van der Waals surface area contributed by atoms with Crippen LogP contribution in [0.4, 0.5) is 8.78 Å². The van der Waals surface area contributed by atoms with E-state index in [9.17, 15) is 27.1 Å². The van der Waals surface area contributed by atoms with Crippen LogP contribution in [0, 0.1) is 23.5 Å². The zero-order chi connectivity index (χ0) is 16.0. The van der Waals surface area contributed by atoms with Gasteiger partial charge in [-0.05, 0) is 36.8 Å². The van der Waals surface area contributed by atoms with Crippen LogP contribution in [-0.2, 0) is 14.6 Å². The fourth-order valence-corrected chi connectivity index (χ4v) is 4.75. The van der Waals surface area contributed by atoms with Gasteiger partial charge in [0.05, 0.1) is 0 Å². The third-order valence-corrected chi connectivity index (χ3v) is 6.66. The van der Waals surface area contributed by atoms with Crippen molar-refractivity contribution in [3.8, 4) is 0 Å². The summed E-state index contributed by atoms with van der Waals surface area (Å²) >= 11 is 0. The van der Waals surface area contributed by atoms with Gasteiger partial charge in [-0.25, -0.2) is 17.2 Å². The summed E-state index contributed by atoms with van der Waals surface area (Å²) in [5.74, 6) is -3.55. The first-order valence-corrected chi connectivity index (χ1v) is 8.03. The van der Waals surface area contributed by atoms with Gasteiger partial charge >= 0.3 is 5.97 Å². The lowest BCUT2D eigenvalue weighted by Gasteiger charge is -2.45. The van der Waals surface area contributed by atoms with Crippen molar-refractivity contribution in [2.75, 3.05) is 0 Å². The van der Waals surface area contributed by atoms with Gasteiger partial charge < -0.3 is 5.11 Å². The molecule has 1 aliphatic carbocycles. The van der Waals surface area contributed by atoms with E-state index < -0.39 is 37.1 Å². The molecular weight excluding hydrogens is 302 g/mol. The van der Waals surface area contributed by atoms with Crippen LogP contribution in [0.2, 0.25) is 0 Å². The lowest BCUT2D eigenvalue weighted by Crippen LogP contribution is -2.57. The number of benzene rings is 1. The summed E-state index contributed by atoms with van der Waals surface area (Å²) in [5.41, 5.74) is 0. The number of hydrogen-bond donors (Lipinski definition) is 1. The van der Waals surface area contributed by atoms with Gasteiger partial charge in [-0.3, -0.25) is 4.79 Å². The Morgan fingerprint density at radius 3 is 2.33 bits per heavy atom. The van der Waals surface area contributed by atoms with Gasteiger partial charge in [0.2, 0.25) is 0 Å². The molecule has 1 aromatic carbocycles. The van der Waals surface area contributed by atoms with E-state index in [1.54, 1.807) is 0 Å². The molecule has 0 aliphatic heterocycles. The highest BCUT2D eigenvalue weighted by Crippen LogP contribution is 2.50. The first kappa shape index (κ1) is 15.9. The van der Waals surface area contributed by atoms with Crippen molar-refractivity contribution < 1.29 is 27.1 Å². The lowest BCUT2D eigenvalue weighted by atomic mass is 9.69. The highest BCUT2D eigenvalue weighted by molar-refractivity contribution is 7.93. The second kappa shape index (κ2) is 5.05. The Balaban J connectivity index is 2.48. The van der Waals surface area contributed by atoms with Gasteiger partial charge in [0.25, 0.3) is 0 Å². The summed E-state index contributed by atoms with van der Waals surface area (Å²) in [5, 5.41) is 9.35. The highest BCUT2D eigenvalue weighted by atomic mass is 32.2. The van der Waals surface area contributed by atoms with E-state index in [0.717, 1.165) is 12.1 Å². The van der Waals surface area contributed by atoms with Crippen LogP contribution in [-0.4, -0.2) is 24.2 Å². The summed E-state index contributed by atoms with van der Waals surface area (Å²) in [6, 6.07) is 2.04. The SMILES string of the molecule is CC(C)C1CC(C(=O)O)(S(=O)(=O)c2ccc(F)cc2F)C1. The Hall–Kier alpha value is -1.50. The van der Waals surface area contributed by atoms with E-state index >= 15 is 0 Å². The third-order valence-electron chi connectivity index (χ3n) is 4.21. The molecule has 21 heavy (non-hydrogen) atoms. The smallest absolute Gasteiger partial charge is 0.325 e. The van der Waals surface area contributed by atoms with E-state index in [0.29, 0.717) is 6.07 Å². The molecule has 116 valence electrons. The molecule has 0 unspecified atom stereocenters. The van der Waals surface area contributed by atoms with Crippen molar-refractivity contribution in [2.24, 2.45) is 11.8 Å². The molecule has 0 radical (unpaired) electrons. The number of rotatable bonds is 4. The Labute approximate surface area is 121 Å². The Morgan fingerprint density at radius 1 is 1.33 bits per heavy atom. The molecule has 0 amide bonds. The molecule has 0 saturated heterocycles. The van der Waals surface area contributed by atoms with Gasteiger partial charge in [0.15, 0.2) is 14.6 Å². The Kier molecular flexibility index (Phi) is 3.82.